The van der Waals surface area contributed by atoms with E-state index in [0.717, 1.165) is 0 Å². The molecule has 0 aliphatic carbocycles. The topological polar surface area (TPSA) is 113 Å². The van der Waals surface area contributed by atoms with E-state index >= 15 is 0 Å². The Labute approximate surface area is 146 Å². The quantitative estimate of drug-likeness (QED) is 0.734. The van der Waals surface area contributed by atoms with E-state index in [1.54, 1.807) is 11.8 Å². The van der Waals surface area contributed by atoms with E-state index in [-0.39, 0.29) is 29.4 Å². The molecule has 2 fully saturated rings. The summed E-state index contributed by atoms with van der Waals surface area (Å²) in [6, 6.07) is -0.350. The van der Waals surface area contributed by atoms with Crippen LogP contribution in [0.4, 0.5) is 5.95 Å². The van der Waals surface area contributed by atoms with Crippen LogP contribution in [0.25, 0.3) is 0 Å². The Morgan fingerprint density at radius 1 is 1.16 bits per heavy atom. The molecular weight excluding hydrogens is 346 g/mol. The zero-order chi connectivity index (χ0) is 18.0. The first-order valence-corrected chi connectivity index (χ1v) is 10.00. The SMILES string of the molecule is CC(=O)N1CCN(c2ncc(C(=O)NC3CCS(=O)(=O)C3)cn2)CC1. The van der Waals surface area contributed by atoms with Crippen LogP contribution in [0.15, 0.2) is 12.4 Å². The monoisotopic (exact) mass is 367 g/mol. The van der Waals surface area contributed by atoms with Gasteiger partial charge < -0.3 is 15.1 Å². The average molecular weight is 367 g/mol. The first-order valence-electron chi connectivity index (χ1n) is 8.18. The molecule has 2 amide bonds. The minimum absolute atomic E-state index is 0.0158. The van der Waals surface area contributed by atoms with Crippen molar-refractivity contribution in [1.82, 2.24) is 20.2 Å². The highest BCUT2D eigenvalue weighted by molar-refractivity contribution is 7.91. The molecule has 0 bridgehead atoms. The van der Waals surface area contributed by atoms with Gasteiger partial charge in [0.2, 0.25) is 11.9 Å². The third-order valence-corrected chi connectivity index (χ3v) is 6.24. The highest BCUT2D eigenvalue weighted by atomic mass is 32.2. The van der Waals surface area contributed by atoms with Gasteiger partial charge in [-0.25, -0.2) is 18.4 Å². The number of nitrogens with zero attached hydrogens (tertiary/aromatic N) is 4. The number of nitrogens with one attached hydrogen (secondary N) is 1. The Bertz CT molecular complexity index is 757. The molecule has 1 N–H and O–H groups in total. The lowest BCUT2D eigenvalue weighted by Crippen LogP contribution is -2.48. The normalized spacial score (nSPS) is 22.7. The van der Waals surface area contributed by atoms with Crippen LogP contribution in [0.2, 0.25) is 0 Å². The molecule has 2 aliphatic heterocycles. The molecule has 2 saturated heterocycles. The van der Waals surface area contributed by atoms with E-state index in [1.165, 1.54) is 12.4 Å². The van der Waals surface area contributed by atoms with E-state index in [1.807, 2.05) is 4.90 Å². The molecule has 3 rings (SSSR count). The number of rotatable bonds is 3. The summed E-state index contributed by atoms with van der Waals surface area (Å²) in [6.07, 6.45) is 3.32. The number of piperazine rings is 1. The molecule has 3 heterocycles. The predicted octanol–water partition coefficient (Wildman–Crippen LogP) is -0.938. The van der Waals surface area contributed by atoms with Crippen molar-refractivity contribution in [2.75, 3.05) is 42.6 Å². The molecule has 1 atom stereocenters. The molecule has 1 aromatic heterocycles. The maximum absolute atomic E-state index is 12.2. The molecule has 0 saturated carbocycles. The Hall–Kier alpha value is -2.23. The fraction of sp³-hybridized carbons (Fsp3) is 0.600. The van der Waals surface area contributed by atoms with Gasteiger partial charge in [-0.1, -0.05) is 0 Å². The van der Waals surface area contributed by atoms with Gasteiger partial charge in [-0.15, -0.1) is 0 Å². The third-order valence-electron chi connectivity index (χ3n) is 4.48. The molecule has 9 nitrogen and oxygen atoms in total. The van der Waals surface area contributed by atoms with Crippen LogP contribution in [0, 0.1) is 0 Å². The summed E-state index contributed by atoms with van der Waals surface area (Å²) in [5, 5.41) is 2.71. The molecular formula is C15H21N5O4S. The number of hydrogen-bond donors (Lipinski definition) is 1. The van der Waals surface area contributed by atoms with Gasteiger partial charge >= 0.3 is 0 Å². The first-order chi connectivity index (χ1) is 11.8. The van der Waals surface area contributed by atoms with Crippen molar-refractivity contribution in [1.29, 1.82) is 0 Å². The van der Waals surface area contributed by atoms with Crippen LogP contribution in [0.1, 0.15) is 23.7 Å². The minimum atomic E-state index is -3.04. The standard InChI is InChI=1S/C15H21N5O4S/c1-11(21)19-3-5-20(6-4-19)15-16-8-12(9-17-15)14(22)18-13-2-7-25(23,24)10-13/h8-9,13H,2-7,10H2,1H3,(H,18,22). The van der Waals surface area contributed by atoms with Crippen LogP contribution < -0.4 is 10.2 Å². The van der Waals surface area contributed by atoms with Gasteiger partial charge in [0.15, 0.2) is 9.84 Å². The van der Waals surface area contributed by atoms with E-state index < -0.39 is 9.84 Å². The molecule has 25 heavy (non-hydrogen) atoms. The van der Waals surface area contributed by atoms with E-state index in [9.17, 15) is 18.0 Å². The van der Waals surface area contributed by atoms with Gasteiger partial charge in [0.05, 0.1) is 17.1 Å². The largest absolute Gasteiger partial charge is 0.348 e. The molecule has 1 unspecified atom stereocenters. The second-order valence-electron chi connectivity index (χ2n) is 6.34. The molecule has 0 radical (unpaired) electrons. The molecule has 1 aromatic rings. The van der Waals surface area contributed by atoms with Crippen molar-refractivity contribution >= 4 is 27.6 Å². The minimum Gasteiger partial charge on any atom is -0.348 e. The Balaban J connectivity index is 1.57. The van der Waals surface area contributed by atoms with Crippen LogP contribution in [-0.4, -0.2) is 78.8 Å². The van der Waals surface area contributed by atoms with E-state index in [4.69, 9.17) is 0 Å². The van der Waals surface area contributed by atoms with Crippen LogP contribution in [0.5, 0.6) is 0 Å². The fourth-order valence-electron chi connectivity index (χ4n) is 3.00. The summed E-state index contributed by atoms with van der Waals surface area (Å²) in [5.41, 5.74) is 0.301. The average Bonchev–Trinajstić information content (AvgIpc) is 2.93. The molecule has 10 heteroatoms. The smallest absolute Gasteiger partial charge is 0.254 e. The zero-order valence-electron chi connectivity index (χ0n) is 14.0. The maximum atomic E-state index is 12.2. The number of anilines is 1. The van der Waals surface area contributed by atoms with Crippen molar-refractivity contribution in [3.63, 3.8) is 0 Å². The van der Waals surface area contributed by atoms with Crippen molar-refractivity contribution in [3.05, 3.63) is 18.0 Å². The number of sulfone groups is 1. The summed E-state index contributed by atoms with van der Waals surface area (Å²) in [7, 11) is -3.04. The highest BCUT2D eigenvalue weighted by Gasteiger charge is 2.29. The van der Waals surface area contributed by atoms with Gasteiger partial charge in [0.25, 0.3) is 5.91 Å². The lowest BCUT2D eigenvalue weighted by Gasteiger charge is -2.34. The van der Waals surface area contributed by atoms with Crippen LogP contribution >= 0.6 is 0 Å². The van der Waals surface area contributed by atoms with Gasteiger partial charge in [0, 0.05) is 51.5 Å². The summed E-state index contributed by atoms with van der Waals surface area (Å²) < 4.78 is 22.9. The molecule has 136 valence electrons. The number of carbonyl (C=O) groups is 2. The fourth-order valence-corrected chi connectivity index (χ4v) is 4.67. The van der Waals surface area contributed by atoms with Gasteiger partial charge in [0.1, 0.15) is 0 Å². The summed E-state index contributed by atoms with van der Waals surface area (Å²) in [5.74, 6) is 0.303. The highest BCUT2D eigenvalue weighted by Crippen LogP contribution is 2.13. The number of aromatic nitrogens is 2. The number of hydrogen-bond acceptors (Lipinski definition) is 7. The Morgan fingerprint density at radius 2 is 1.80 bits per heavy atom. The van der Waals surface area contributed by atoms with Crippen molar-refractivity contribution in [3.8, 4) is 0 Å². The number of amides is 2. The maximum Gasteiger partial charge on any atom is 0.254 e. The van der Waals surface area contributed by atoms with Gasteiger partial charge in [-0.3, -0.25) is 9.59 Å². The van der Waals surface area contributed by atoms with Gasteiger partial charge in [-0.2, -0.15) is 0 Å². The third kappa shape index (κ3) is 4.25. The lowest BCUT2D eigenvalue weighted by molar-refractivity contribution is -0.129. The van der Waals surface area contributed by atoms with Crippen molar-refractivity contribution in [2.45, 2.75) is 19.4 Å². The van der Waals surface area contributed by atoms with Crippen LogP contribution in [0.3, 0.4) is 0 Å². The molecule has 2 aliphatic rings. The lowest BCUT2D eigenvalue weighted by atomic mass is 10.2. The van der Waals surface area contributed by atoms with Crippen molar-refractivity contribution < 1.29 is 18.0 Å². The second-order valence-corrected chi connectivity index (χ2v) is 8.57. The second kappa shape index (κ2) is 6.95. The first kappa shape index (κ1) is 17.6. The Kier molecular flexibility index (Phi) is 4.89. The van der Waals surface area contributed by atoms with Crippen molar-refractivity contribution in [2.24, 2.45) is 0 Å². The number of carbonyl (C=O) groups excluding carboxylic acids is 2. The summed E-state index contributed by atoms with van der Waals surface area (Å²) >= 11 is 0. The Morgan fingerprint density at radius 3 is 2.32 bits per heavy atom. The van der Waals surface area contributed by atoms with E-state index in [0.29, 0.717) is 44.1 Å². The zero-order valence-corrected chi connectivity index (χ0v) is 14.8. The van der Waals surface area contributed by atoms with Crippen LogP contribution in [-0.2, 0) is 14.6 Å². The summed E-state index contributed by atoms with van der Waals surface area (Å²) in [6.45, 7) is 4.08. The van der Waals surface area contributed by atoms with Gasteiger partial charge in [-0.05, 0) is 6.42 Å². The predicted molar refractivity (Wildman–Crippen MR) is 91.0 cm³/mol. The van der Waals surface area contributed by atoms with E-state index in [2.05, 4.69) is 15.3 Å². The summed E-state index contributed by atoms with van der Waals surface area (Å²) in [4.78, 5) is 35.7. The molecule has 0 aromatic carbocycles. The molecule has 0 spiro atoms.